The van der Waals surface area contributed by atoms with Crippen LogP contribution in [0.5, 0.6) is 0 Å². The largest absolute Gasteiger partial charge is 0.349 e. The molecule has 26 heavy (non-hydrogen) atoms. The van der Waals surface area contributed by atoms with Crippen LogP contribution < -0.4 is 5.32 Å². The molecule has 0 saturated carbocycles. The lowest BCUT2D eigenvalue weighted by molar-refractivity contribution is -0.118. The summed E-state index contributed by atoms with van der Waals surface area (Å²) in [4.78, 5) is 24.6. The van der Waals surface area contributed by atoms with E-state index in [0.29, 0.717) is 12.3 Å². The van der Waals surface area contributed by atoms with E-state index in [1.165, 1.54) is 0 Å². The molecule has 2 aromatic carbocycles. The molecule has 2 heterocycles. The molecule has 5 nitrogen and oxygen atoms in total. The van der Waals surface area contributed by atoms with Gasteiger partial charge in [-0.1, -0.05) is 24.3 Å². The summed E-state index contributed by atoms with van der Waals surface area (Å²) in [6, 6.07) is 16.0. The molecular weight excluding hydrogens is 364 g/mol. The Labute approximate surface area is 159 Å². The van der Waals surface area contributed by atoms with Crippen LogP contribution in [0.25, 0.3) is 21.3 Å². The smallest absolute Gasteiger partial charge is 0.230 e. The summed E-state index contributed by atoms with van der Waals surface area (Å²) in [5.74, 6) is 1.30. The predicted molar refractivity (Wildman–Crippen MR) is 108 cm³/mol. The van der Waals surface area contributed by atoms with Gasteiger partial charge in [-0.15, -0.1) is 23.1 Å². The Balaban J connectivity index is 1.30. The molecule has 1 amide bonds. The summed E-state index contributed by atoms with van der Waals surface area (Å²) < 4.78 is 1.14. The number of hydrogen-bond donors (Lipinski definition) is 2. The average Bonchev–Trinajstić information content (AvgIpc) is 3.27. The fraction of sp³-hybridized carbons (Fsp3) is 0.211. The minimum absolute atomic E-state index is 0.0113. The lowest BCUT2D eigenvalue weighted by atomic mass is 10.3. The zero-order valence-electron chi connectivity index (χ0n) is 14.2. The molecule has 4 rings (SSSR count). The number of nitrogens with zero attached hydrogens (tertiary/aromatic N) is 2. The number of H-pyrrole nitrogens is 1. The van der Waals surface area contributed by atoms with Gasteiger partial charge in [0.25, 0.3) is 0 Å². The first-order chi connectivity index (χ1) is 12.7. The first-order valence-electron chi connectivity index (χ1n) is 8.36. The standard InChI is InChI=1S/C19H18N4OS2/c1-12(19-22-13-6-2-3-7-14(13)23-19)25-11-17(24)20-10-18-21-15-8-4-5-9-16(15)26-18/h2-9,12H,10-11H2,1H3,(H,20,24)(H,22,23). The highest BCUT2D eigenvalue weighted by molar-refractivity contribution is 8.00. The number of imidazole rings is 1. The molecule has 1 unspecified atom stereocenters. The topological polar surface area (TPSA) is 70.7 Å². The van der Waals surface area contributed by atoms with Crippen LogP contribution in [0.3, 0.4) is 0 Å². The van der Waals surface area contributed by atoms with Crippen molar-refractivity contribution in [3.8, 4) is 0 Å². The van der Waals surface area contributed by atoms with Gasteiger partial charge in [0.15, 0.2) is 0 Å². The van der Waals surface area contributed by atoms with Gasteiger partial charge in [0, 0.05) is 0 Å². The molecule has 0 aliphatic heterocycles. The highest BCUT2D eigenvalue weighted by atomic mass is 32.2. The van der Waals surface area contributed by atoms with Gasteiger partial charge in [0.05, 0.1) is 38.8 Å². The summed E-state index contributed by atoms with van der Waals surface area (Å²) in [6.07, 6.45) is 0. The molecule has 1 atom stereocenters. The first kappa shape index (κ1) is 17.1. The maximum atomic E-state index is 12.2. The van der Waals surface area contributed by atoms with Gasteiger partial charge in [0.2, 0.25) is 5.91 Å². The van der Waals surface area contributed by atoms with E-state index in [1.807, 2.05) is 48.5 Å². The van der Waals surface area contributed by atoms with Crippen LogP contribution in [-0.2, 0) is 11.3 Å². The van der Waals surface area contributed by atoms with Crippen molar-refractivity contribution >= 4 is 50.3 Å². The van der Waals surface area contributed by atoms with E-state index in [0.717, 1.165) is 32.1 Å². The number of aromatic nitrogens is 3. The lowest BCUT2D eigenvalue weighted by Gasteiger charge is -2.08. The van der Waals surface area contributed by atoms with Gasteiger partial charge in [-0.2, -0.15) is 0 Å². The maximum Gasteiger partial charge on any atom is 0.230 e. The fourth-order valence-electron chi connectivity index (χ4n) is 2.67. The van der Waals surface area contributed by atoms with Gasteiger partial charge in [-0.3, -0.25) is 4.79 Å². The van der Waals surface area contributed by atoms with Crippen LogP contribution in [0.1, 0.15) is 23.0 Å². The molecule has 0 bridgehead atoms. The highest BCUT2D eigenvalue weighted by Crippen LogP contribution is 2.27. The molecule has 7 heteroatoms. The Morgan fingerprint density at radius 3 is 2.73 bits per heavy atom. The maximum absolute atomic E-state index is 12.2. The average molecular weight is 383 g/mol. The van der Waals surface area contributed by atoms with Crippen molar-refractivity contribution in [1.29, 1.82) is 0 Å². The highest BCUT2D eigenvalue weighted by Gasteiger charge is 2.13. The van der Waals surface area contributed by atoms with Crippen molar-refractivity contribution in [2.75, 3.05) is 5.75 Å². The Morgan fingerprint density at radius 2 is 1.92 bits per heavy atom. The third-order valence-electron chi connectivity index (χ3n) is 4.03. The first-order valence-corrected chi connectivity index (χ1v) is 10.2. The minimum Gasteiger partial charge on any atom is -0.349 e. The van der Waals surface area contributed by atoms with Gasteiger partial charge >= 0.3 is 0 Å². The number of rotatable bonds is 6. The van der Waals surface area contributed by atoms with Crippen molar-refractivity contribution in [2.24, 2.45) is 0 Å². The quantitative estimate of drug-likeness (QED) is 0.522. The van der Waals surface area contributed by atoms with E-state index in [4.69, 9.17) is 0 Å². The Kier molecular flexibility index (Phi) is 4.90. The van der Waals surface area contributed by atoms with E-state index < -0.39 is 0 Å². The number of amides is 1. The van der Waals surface area contributed by atoms with Crippen molar-refractivity contribution in [3.05, 3.63) is 59.4 Å². The number of nitrogens with one attached hydrogen (secondary N) is 2. The Hall–Kier alpha value is -2.38. The summed E-state index contributed by atoms with van der Waals surface area (Å²) in [5.41, 5.74) is 2.96. The second kappa shape index (κ2) is 7.47. The van der Waals surface area contributed by atoms with Gasteiger partial charge < -0.3 is 10.3 Å². The third-order valence-corrected chi connectivity index (χ3v) is 6.22. The monoisotopic (exact) mass is 382 g/mol. The molecule has 0 radical (unpaired) electrons. The normalized spacial score (nSPS) is 12.5. The molecule has 2 N–H and O–H groups in total. The number of thiazole rings is 1. The van der Waals surface area contributed by atoms with Crippen molar-refractivity contribution in [2.45, 2.75) is 18.7 Å². The second-order valence-electron chi connectivity index (χ2n) is 5.94. The number of benzene rings is 2. The van der Waals surface area contributed by atoms with Crippen molar-refractivity contribution in [3.63, 3.8) is 0 Å². The lowest BCUT2D eigenvalue weighted by Crippen LogP contribution is -2.24. The van der Waals surface area contributed by atoms with Crippen LogP contribution in [0.2, 0.25) is 0 Å². The number of hydrogen-bond acceptors (Lipinski definition) is 5. The van der Waals surface area contributed by atoms with Crippen molar-refractivity contribution in [1.82, 2.24) is 20.3 Å². The molecule has 0 saturated heterocycles. The van der Waals surface area contributed by atoms with Gasteiger partial charge in [0.1, 0.15) is 10.8 Å². The molecule has 0 aliphatic carbocycles. The van der Waals surface area contributed by atoms with Crippen LogP contribution >= 0.6 is 23.1 Å². The third kappa shape index (κ3) is 3.73. The Bertz CT molecular complexity index is 990. The fourth-order valence-corrected chi connectivity index (χ4v) is 4.35. The van der Waals surface area contributed by atoms with Gasteiger partial charge in [-0.05, 0) is 31.2 Å². The molecular formula is C19H18N4OS2. The molecule has 132 valence electrons. The zero-order valence-corrected chi connectivity index (χ0v) is 15.9. The molecule has 0 spiro atoms. The number of thioether (sulfide) groups is 1. The number of carbonyl (C=O) groups excluding carboxylic acids is 1. The van der Waals surface area contributed by atoms with Crippen LogP contribution in [0, 0.1) is 0 Å². The molecule has 4 aromatic rings. The summed E-state index contributed by atoms with van der Waals surface area (Å²) in [5, 5.41) is 4.00. The van der Waals surface area contributed by atoms with E-state index in [-0.39, 0.29) is 11.2 Å². The van der Waals surface area contributed by atoms with E-state index in [9.17, 15) is 4.79 Å². The van der Waals surface area contributed by atoms with E-state index in [2.05, 4.69) is 27.2 Å². The number of fused-ring (bicyclic) bond motifs is 2. The summed E-state index contributed by atoms with van der Waals surface area (Å²) >= 11 is 3.19. The van der Waals surface area contributed by atoms with E-state index >= 15 is 0 Å². The number of carbonyl (C=O) groups is 1. The number of aromatic amines is 1. The van der Waals surface area contributed by atoms with E-state index in [1.54, 1.807) is 23.1 Å². The van der Waals surface area contributed by atoms with Crippen LogP contribution in [0.15, 0.2) is 48.5 Å². The predicted octanol–water partition coefficient (Wildman–Crippen LogP) is 4.28. The minimum atomic E-state index is 0.0113. The van der Waals surface area contributed by atoms with Crippen LogP contribution in [-0.4, -0.2) is 26.6 Å². The number of para-hydroxylation sites is 3. The molecule has 0 fully saturated rings. The zero-order chi connectivity index (χ0) is 17.9. The molecule has 2 aromatic heterocycles. The Morgan fingerprint density at radius 1 is 1.15 bits per heavy atom. The van der Waals surface area contributed by atoms with Crippen LogP contribution in [0.4, 0.5) is 0 Å². The molecule has 0 aliphatic rings. The second-order valence-corrected chi connectivity index (χ2v) is 8.39. The summed E-state index contributed by atoms with van der Waals surface area (Å²) in [6.45, 7) is 2.53. The summed E-state index contributed by atoms with van der Waals surface area (Å²) in [7, 11) is 0. The SMILES string of the molecule is CC(SCC(=O)NCc1nc2ccccc2s1)c1nc2ccccc2[nH]1. The van der Waals surface area contributed by atoms with Gasteiger partial charge in [-0.25, -0.2) is 9.97 Å². The van der Waals surface area contributed by atoms with Crippen molar-refractivity contribution < 1.29 is 4.79 Å².